The Hall–Kier alpha value is -1.79. The van der Waals surface area contributed by atoms with Crippen molar-refractivity contribution < 1.29 is 8.42 Å². The van der Waals surface area contributed by atoms with Crippen LogP contribution in [-0.2, 0) is 22.8 Å². The highest BCUT2D eigenvalue weighted by atomic mass is 32.2. The Morgan fingerprint density at radius 3 is 2.77 bits per heavy atom. The van der Waals surface area contributed by atoms with Crippen LogP contribution in [0.15, 0.2) is 41.4 Å². The van der Waals surface area contributed by atoms with Gasteiger partial charge in [0.15, 0.2) is 9.84 Å². The van der Waals surface area contributed by atoms with Crippen molar-refractivity contribution in [1.82, 2.24) is 14.9 Å². The molecule has 2 aromatic rings. The normalized spacial score (nSPS) is 15.5. The zero-order valence-electron chi connectivity index (χ0n) is 12.6. The lowest BCUT2D eigenvalue weighted by molar-refractivity contribution is 0.263. The molecular formula is C16H19N3O2S. The molecule has 3 rings (SSSR count). The second kappa shape index (κ2) is 6.14. The number of nitrogens with zero attached hydrogens (tertiary/aromatic N) is 3. The lowest BCUT2D eigenvalue weighted by Crippen LogP contribution is -2.35. The van der Waals surface area contributed by atoms with Crippen LogP contribution in [0.2, 0.25) is 0 Å². The first-order valence-corrected chi connectivity index (χ1v) is 9.01. The molecular weight excluding hydrogens is 298 g/mol. The van der Waals surface area contributed by atoms with Crippen LogP contribution < -0.4 is 0 Å². The molecule has 1 aliphatic rings. The van der Waals surface area contributed by atoms with Crippen molar-refractivity contribution in [2.75, 3.05) is 18.8 Å². The molecule has 0 N–H and O–H groups in total. The SMILES string of the molecule is Cc1ncc2c(n1)CN(CCS(=O)(=O)c1ccccc1)CC2. The first-order valence-electron chi connectivity index (χ1n) is 7.36. The molecule has 0 amide bonds. The number of fused-ring (bicyclic) bond motifs is 1. The quantitative estimate of drug-likeness (QED) is 0.857. The van der Waals surface area contributed by atoms with E-state index in [1.165, 1.54) is 5.56 Å². The fourth-order valence-corrected chi connectivity index (χ4v) is 3.95. The Balaban J connectivity index is 1.66. The molecule has 0 saturated carbocycles. The predicted molar refractivity (Wildman–Crippen MR) is 84.2 cm³/mol. The van der Waals surface area contributed by atoms with E-state index in [-0.39, 0.29) is 5.75 Å². The molecule has 0 radical (unpaired) electrons. The zero-order chi connectivity index (χ0) is 15.6. The summed E-state index contributed by atoms with van der Waals surface area (Å²) in [5.41, 5.74) is 2.20. The van der Waals surface area contributed by atoms with Crippen molar-refractivity contribution in [3.63, 3.8) is 0 Å². The topological polar surface area (TPSA) is 63.2 Å². The Labute approximate surface area is 130 Å². The molecule has 2 heterocycles. The van der Waals surface area contributed by atoms with Gasteiger partial charge in [-0.05, 0) is 31.0 Å². The second-order valence-electron chi connectivity index (χ2n) is 5.55. The smallest absolute Gasteiger partial charge is 0.179 e. The largest absolute Gasteiger partial charge is 0.296 e. The summed E-state index contributed by atoms with van der Waals surface area (Å²) in [6.45, 7) is 3.95. The van der Waals surface area contributed by atoms with Crippen LogP contribution in [0.4, 0.5) is 0 Å². The van der Waals surface area contributed by atoms with Crippen LogP contribution in [0.5, 0.6) is 0 Å². The molecule has 6 heteroatoms. The van der Waals surface area contributed by atoms with Crippen LogP contribution in [0, 0.1) is 6.92 Å². The van der Waals surface area contributed by atoms with Crippen LogP contribution >= 0.6 is 0 Å². The van der Waals surface area contributed by atoms with Gasteiger partial charge in [-0.15, -0.1) is 0 Å². The van der Waals surface area contributed by atoms with Gasteiger partial charge >= 0.3 is 0 Å². The number of hydrogen-bond donors (Lipinski definition) is 0. The van der Waals surface area contributed by atoms with Gasteiger partial charge in [-0.25, -0.2) is 18.4 Å². The molecule has 0 bridgehead atoms. The van der Waals surface area contributed by atoms with E-state index in [0.717, 1.165) is 24.5 Å². The summed E-state index contributed by atoms with van der Waals surface area (Å²) in [5.74, 6) is 0.897. The van der Waals surface area contributed by atoms with Gasteiger partial charge in [0.2, 0.25) is 0 Å². The summed E-state index contributed by atoms with van der Waals surface area (Å²) >= 11 is 0. The Kier molecular flexibility index (Phi) is 4.22. The number of sulfone groups is 1. The van der Waals surface area contributed by atoms with Gasteiger partial charge in [-0.3, -0.25) is 4.90 Å². The van der Waals surface area contributed by atoms with E-state index in [1.54, 1.807) is 24.3 Å². The van der Waals surface area contributed by atoms with Gasteiger partial charge in [0.1, 0.15) is 5.82 Å². The molecule has 0 aliphatic carbocycles. The van der Waals surface area contributed by atoms with Gasteiger partial charge in [0.05, 0.1) is 16.3 Å². The van der Waals surface area contributed by atoms with Crippen LogP contribution in [-0.4, -0.2) is 42.1 Å². The van der Waals surface area contributed by atoms with E-state index >= 15 is 0 Å². The fourth-order valence-electron chi connectivity index (χ4n) is 2.64. The minimum atomic E-state index is -3.22. The van der Waals surface area contributed by atoms with Gasteiger partial charge in [0, 0.05) is 25.8 Å². The van der Waals surface area contributed by atoms with Crippen molar-refractivity contribution >= 4 is 9.84 Å². The maximum absolute atomic E-state index is 12.3. The summed E-state index contributed by atoms with van der Waals surface area (Å²) in [4.78, 5) is 11.2. The molecule has 0 fully saturated rings. The number of aromatic nitrogens is 2. The molecule has 0 saturated heterocycles. The molecule has 1 aliphatic heterocycles. The molecule has 1 aromatic heterocycles. The minimum Gasteiger partial charge on any atom is -0.296 e. The van der Waals surface area contributed by atoms with Crippen molar-refractivity contribution in [2.24, 2.45) is 0 Å². The highest BCUT2D eigenvalue weighted by Crippen LogP contribution is 2.17. The number of benzene rings is 1. The van der Waals surface area contributed by atoms with Crippen LogP contribution in [0.1, 0.15) is 17.1 Å². The third kappa shape index (κ3) is 3.34. The monoisotopic (exact) mass is 317 g/mol. The lowest BCUT2D eigenvalue weighted by atomic mass is 10.1. The second-order valence-corrected chi connectivity index (χ2v) is 7.66. The fraction of sp³-hybridized carbons (Fsp3) is 0.375. The van der Waals surface area contributed by atoms with E-state index in [9.17, 15) is 8.42 Å². The summed E-state index contributed by atoms with van der Waals surface area (Å²) in [5, 5.41) is 0. The average molecular weight is 317 g/mol. The van der Waals surface area contributed by atoms with E-state index in [2.05, 4.69) is 14.9 Å². The van der Waals surface area contributed by atoms with Crippen molar-refractivity contribution in [2.45, 2.75) is 24.8 Å². The highest BCUT2D eigenvalue weighted by Gasteiger charge is 2.21. The van der Waals surface area contributed by atoms with E-state index in [1.807, 2.05) is 19.2 Å². The maximum atomic E-state index is 12.3. The first-order chi connectivity index (χ1) is 10.5. The Morgan fingerprint density at radius 2 is 2.00 bits per heavy atom. The third-order valence-electron chi connectivity index (χ3n) is 3.92. The van der Waals surface area contributed by atoms with Gasteiger partial charge in [-0.1, -0.05) is 18.2 Å². The molecule has 22 heavy (non-hydrogen) atoms. The van der Waals surface area contributed by atoms with Gasteiger partial charge < -0.3 is 0 Å². The molecule has 1 aromatic carbocycles. The predicted octanol–water partition coefficient (Wildman–Crippen LogP) is 1.62. The number of hydrogen-bond acceptors (Lipinski definition) is 5. The number of rotatable bonds is 4. The summed E-state index contributed by atoms with van der Waals surface area (Å²) in [7, 11) is -3.22. The lowest BCUT2D eigenvalue weighted by Gasteiger charge is -2.27. The minimum absolute atomic E-state index is 0.135. The summed E-state index contributed by atoms with van der Waals surface area (Å²) in [6, 6.07) is 8.63. The Bertz CT molecular complexity index is 760. The molecule has 5 nitrogen and oxygen atoms in total. The zero-order valence-corrected chi connectivity index (χ0v) is 13.4. The number of aryl methyl sites for hydroxylation is 1. The van der Waals surface area contributed by atoms with E-state index < -0.39 is 9.84 Å². The van der Waals surface area contributed by atoms with Crippen LogP contribution in [0.3, 0.4) is 0 Å². The van der Waals surface area contributed by atoms with Crippen molar-refractivity contribution in [3.05, 3.63) is 53.6 Å². The van der Waals surface area contributed by atoms with Crippen LogP contribution in [0.25, 0.3) is 0 Å². The standard InChI is InChI=1S/C16H19N3O2S/c1-13-17-11-14-7-8-19(12-16(14)18-13)9-10-22(20,21)15-5-3-2-4-6-15/h2-6,11H,7-10,12H2,1H3. The molecule has 116 valence electrons. The molecule has 0 spiro atoms. The van der Waals surface area contributed by atoms with Gasteiger partial charge in [-0.2, -0.15) is 0 Å². The van der Waals surface area contributed by atoms with Crippen molar-refractivity contribution in [3.8, 4) is 0 Å². The maximum Gasteiger partial charge on any atom is 0.179 e. The van der Waals surface area contributed by atoms with Crippen molar-refractivity contribution in [1.29, 1.82) is 0 Å². The summed E-state index contributed by atoms with van der Waals surface area (Å²) in [6.07, 6.45) is 2.76. The molecule has 0 atom stereocenters. The van der Waals surface area contributed by atoms with Gasteiger partial charge in [0.25, 0.3) is 0 Å². The van der Waals surface area contributed by atoms with E-state index in [4.69, 9.17) is 0 Å². The highest BCUT2D eigenvalue weighted by molar-refractivity contribution is 7.91. The average Bonchev–Trinajstić information content (AvgIpc) is 2.53. The molecule has 0 unspecified atom stereocenters. The first kappa shape index (κ1) is 15.1. The van der Waals surface area contributed by atoms with E-state index in [0.29, 0.717) is 18.0 Å². The Morgan fingerprint density at radius 1 is 1.23 bits per heavy atom. The summed E-state index contributed by atoms with van der Waals surface area (Å²) < 4.78 is 24.6. The third-order valence-corrected chi connectivity index (χ3v) is 5.63.